The number of nitrogens with zero attached hydrogens (tertiary/aromatic N) is 1. The Balaban J connectivity index is 1.64. The first-order chi connectivity index (χ1) is 14.5. The van der Waals surface area contributed by atoms with Gasteiger partial charge in [0.1, 0.15) is 29.6 Å². The number of methoxy groups -OCH3 is 1. The lowest BCUT2D eigenvalue weighted by Crippen LogP contribution is -2.28. The highest BCUT2D eigenvalue weighted by Gasteiger charge is 2.30. The molecule has 0 unspecified atom stereocenters. The zero-order valence-electron chi connectivity index (χ0n) is 17.3. The number of rotatable bonds is 9. The Hall–Kier alpha value is -2.58. The summed E-state index contributed by atoms with van der Waals surface area (Å²) in [6.45, 7) is 3.25. The fraction of sp³-hybridized carbons (Fsp3) is 0.409. The van der Waals surface area contributed by atoms with Gasteiger partial charge in [0.2, 0.25) is 10.0 Å². The predicted octanol–water partition coefficient (Wildman–Crippen LogP) is 3.28. The number of aryl methyl sites for hydroxylation is 1. The molecule has 30 heavy (non-hydrogen) atoms. The van der Waals surface area contributed by atoms with Gasteiger partial charge in [0.25, 0.3) is 0 Å². The Morgan fingerprint density at radius 3 is 2.53 bits per heavy atom. The van der Waals surface area contributed by atoms with E-state index in [9.17, 15) is 13.2 Å². The van der Waals surface area contributed by atoms with Crippen molar-refractivity contribution < 1.29 is 27.4 Å². The standard InChI is InChI=1S/C22H27NO6S/c1-3-17-7-6-8-19(15-17)28-13-14-29-22(24)18-9-10-20(27-2)21(16-18)30(25,26)23-11-4-5-12-23/h6-10,15-16H,3-5,11-14H2,1-2H3. The number of carbonyl (C=O) groups excluding carboxylic acids is 1. The number of hydrogen-bond acceptors (Lipinski definition) is 6. The highest BCUT2D eigenvalue weighted by atomic mass is 32.2. The molecule has 2 aromatic carbocycles. The molecule has 162 valence electrons. The molecule has 0 amide bonds. The third-order valence-corrected chi connectivity index (χ3v) is 6.89. The zero-order valence-corrected chi connectivity index (χ0v) is 18.1. The summed E-state index contributed by atoms with van der Waals surface area (Å²) in [6.07, 6.45) is 2.56. The van der Waals surface area contributed by atoms with E-state index in [1.54, 1.807) is 0 Å². The van der Waals surface area contributed by atoms with Crippen molar-refractivity contribution in [2.24, 2.45) is 0 Å². The molecule has 8 heteroatoms. The molecule has 2 aromatic rings. The van der Waals surface area contributed by atoms with Crippen molar-refractivity contribution in [2.75, 3.05) is 33.4 Å². The summed E-state index contributed by atoms with van der Waals surface area (Å²) >= 11 is 0. The molecule has 0 saturated carbocycles. The summed E-state index contributed by atoms with van der Waals surface area (Å²) in [5, 5.41) is 0. The Labute approximate surface area is 177 Å². The van der Waals surface area contributed by atoms with Crippen molar-refractivity contribution in [3.8, 4) is 11.5 Å². The molecule has 0 radical (unpaired) electrons. The number of carbonyl (C=O) groups is 1. The van der Waals surface area contributed by atoms with Crippen LogP contribution in [-0.4, -0.2) is 52.1 Å². The third kappa shape index (κ3) is 5.12. The van der Waals surface area contributed by atoms with Crippen molar-refractivity contribution in [1.82, 2.24) is 4.31 Å². The summed E-state index contributed by atoms with van der Waals surface area (Å²) in [4.78, 5) is 12.4. The van der Waals surface area contributed by atoms with Gasteiger partial charge < -0.3 is 14.2 Å². The lowest BCUT2D eigenvalue weighted by Gasteiger charge is -2.18. The predicted molar refractivity (Wildman–Crippen MR) is 113 cm³/mol. The van der Waals surface area contributed by atoms with Crippen molar-refractivity contribution >= 4 is 16.0 Å². The largest absolute Gasteiger partial charge is 0.495 e. The van der Waals surface area contributed by atoms with Gasteiger partial charge in [-0.1, -0.05) is 19.1 Å². The minimum atomic E-state index is -3.73. The maximum Gasteiger partial charge on any atom is 0.338 e. The van der Waals surface area contributed by atoms with Crippen LogP contribution in [0.1, 0.15) is 35.7 Å². The Kier molecular flexibility index (Phi) is 7.33. The minimum Gasteiger partial charge on any atom is -0.495 e. The molecule has 0 N–H and O–H groups in total. The average Bonchev–Trinajstić information content (AvgIpc) is 3.32. The summed E-state index contributed by atoms with van der Waals surface area (Å²) in [7, 11) is -2.33. The molecule has 1 saturated heterocycles. The number of ether oxygens (including phenoxy) is 3. The van der Waals surface area contributed by atoms with Gasteiger partial charge >= 0.3 is 5.97 Å². The van der Waals surface area contributed by atoms with Crippen LogP contribution in [0.15, 0.2) is 47.4 Å². The monoisotopic (exact) mass is 433 g/mol. The van der Waals surface area contributed by atoms with Crippen LogP contribution in [0.25, 0.3) is 0 Å². The minimum absolute atomic E-state index is 0.0195. The second-order valence-corrected chi connectivity index (χ2v) is 8.87. The van der Waals surface area contributed by atoms with E-state index in [0.717, 1.165) is 24.8 Å². The Morgan fingerprint density at radius 1 is 1.07 bits per heavy atom. The van der Waals surface area contributed by atoms with Crippen molar-refractivity contribution in [2.45, 2.75) is 31.1 Å². The molecule has 0 aromatic heterocycles. The Bertz CT molecular complexity index is 983. The first-order valence-electron chi connectivity index (χ1n) is 10.0. The van der Waals surface area contributed by atoms with Crippen molar-refractivity contribution in [1.29, 1.82) is 0 Å². The molecule has 3 rings (SSSR count). The van der Waals surface area contributed by atoms with Gasteiger partial charge in [-0.15, -0.1) is 0 Å². The van der Waals surface area contributed by atoms with E-state index in [1.165, 1.54) is 29.6 Å². The number of sulfonamides is 1. The maximum absolute atomic E-state index is 12.9. The van der Waals surface area contributed by atoms with Crippen LogP contribution in [0.4, 0.5) is 0 Å². The second kappa shape index (κ2) is 9.95. The fourth-order valence-electron chi connectivity index (χ4n) is 3.31. The molecule has 1 aliphatic heterocycles. The molecule has 1 fully saturated rings. The molecule has 1 aliphatic rings. The fourth-order valence-corrected chi connectivity index (χ4v) is 5.00. The van der Waals surface area contributed by atoms with E-state index in [-0.39, 0.29) is 29.4 Å². The lowest BCUT2D eigenvalue weighted by atomic mass is 10.2. The van der Waals surface area contributed by atoms with Gasteiger partial charge in [0, 0.05) is 13.1 Å². The summed E-state index contributed by atoms with van der Waals surface area (Å²) < 4.78 is 43.4. The smallest absolute Gasteiger partial charge is 0.338 e. The molecular weight excluding hydrogens is 406 g/mol. The number of esters is 1. The van der Waals surface area contributed by atoms with Gasteiger partial charge in [0.15, 0.2) is 0 Å². The molecular formula is C22H27NO6S. The average molecular weight is 434 g/mol. The van der Waals surface area contributed by atoms with E-state index in [4.69, 9.17) is 14.2 Å². The van der Waals surface area contributed by atoms with Crippen LogP contribution in [0, 0.1) is 0 Å². The third-order valence-electron chi connectivity index (χ3n) is 4.97. The van der Waals surface area contributed by atoms with Crippen LogP contribution in [0.3, 0.4) is 0 Å². The van der Waals surface area contributed by atoms with Crippen LogP contribution in [-0.2, 0) is 21.2 Å². The second-order valence-electron chi connectivity index (χ2n) is 6.96. The quantitative estimate of drug-likeness (QED) is 0.446. The molecule has 0 atom stereocenters. The lowest BCUT2D eigenvalue weighted by molar-refractivity contribution is 0.0450. The topological polar surface area (TPSA) is 82.1 Å². The van der Waals surface area contributed by atoms with Gasteiger partial charge in [-0.05, 0) is 55.2 Å². The van der Waals surface area contributed by atoms with Gasteiger partial charge in [0.05, 0.1) is 12.7 Å². The molecule has 1 heterocycles. The van der Waals surface area contributed by atoms with E-state index in [0.29, 0.717) is 18.8 Å². The van der Waals surface area contributed by atoms with Crippen molar-refractivity contribution in [3.05, 3.63) is 53.6 Å². The van der Waals surface area contributed by atoms with Gasteiger partial charge in [-0.3, -0.25) is 0 Å². The highest BCUT2D eigenvalue weighted by Crippen LogP contribution is 2.30. The van der Waals surface area contributed by atoms with Crippen LogP contribution < -0.4 is 9.47 Å². The SMILES string of the molecule is CCc1cccc(OCCOC(=O)c2ccc(OC)c(S(=O)(=O)N3CCCC3)c2)c1. The summed E-state index contributed by atoms with van der Waals surface area (Å²) in [5.41, 5.74) is 1.32. The van der Waals surface area contributed by atoms with E-state index in [1.807, 2.05) is 24.3 Å². The maximum atomic E-state index is 12.9. The highest BCUT2D eigenvalue weighted by molar-refractivity contribution is 7.89. The molecule has 0 spiro atoms. The molecule has 0 aliphatic carbocycles. The van der Waals surface area contributed by atoms with Crippen LogP contribution in [0.5, 0.6) is 11.5 Å². The molecule has 0 bridgehead atoms. The molecule has 7 nitrogen and oxygen atoms in total. The first-order valence-corrected chi connectivity index (χ1v) is 11.5. The van der Waals surface area contributed by atoms with Gasteiger partial charge in [-0.25, -0.2) is 13.2 Å². The van der Waals surface area contributed by atoms with E-state index >= 15 is 0 Å². The van der Waals surface area contributed by atoms with Gasteiger partial charge in [-0.2, -0.15) is 4.31 Å². The summed E-state index contributed by atoms with van der Waals surface area (Å²) in [6, 6.07) is 12.0. The van der Waals surface area contributed by atoms with E-state index in [2.05, 4.69) is 6.92 Å². The normalized spacial score (nSPS) is 14.5. The number of hydrogen-bond donors (Lipinski definition) is 0. The number of benzene rings is 2. The summed E-state index contributed by atoms with van der Waals surface area (Å²) in [5.74, 6) is 0.313. The van der Waals surface area contributed by atoms with E-state index < -0.39 is 16.0 Å². The first kappa shape index (κ1) is 22.1. The Morgan fingerprint density at radius 2 is 1.83 bits per heavy atom. The van der Waals surface area contributed by atoms with Crippen molar-refractivity contribution in [3.63, 3.8) is 0 Å². The van der Waals surface area contributed by atoms with Crippen LogP contribution >= 0.6 is 0 Å². The zero-order chi connectivity index (χ0) is 21.6. The van der Waals surface area contributed by atoms with Crippen LogP contribution in [0.2, 0.25) is 0 Å².